The van der Waals surface area contributed by atoms with Crippen LogP contribution in [0.4, 0.5) is 0 Å². The Morgan fingerprint density at radius 3 is 1.83 bits per heavy atom. The van der Waals surface area contributed by atoms with Gasteiger partial charge in [0.1, 0.15) is 6.42 Å². The maximum Gasteiger partial charge on any atom is 0.317 e. The van der Waals surface area contributed by atoms with Crippen LogP contribution in [0.2, 0.25) is 0 Å². The van der Waals surface area contributed by atoms with Crippen molar-refractivity contribution in [3.8, 4) is 0 Å². The highest BCUT2D eigenvalue weighted by Crippen LogP contribution is 2.14. The minimum atomic E-state index is -0.666. The first kappa shape index (κ1) is 22.3. The van der Waals surface area contributed by atoms with Crippen molar-refractivity contribution in [2.24, 2.45) is 11.8 Å². The van der Waals surface area contributed by atoms with Gasteiger partial charge in [-0.3, -0.25) is 14.4 Å². The SMILES string of the molecule is COC(=O)CC(=O)OCC(COC(=O)CC(OC)OC)CC(C)C. The Morgan fingerprint density at radius 1 is 0.833 bits per heavy atom. The molecule has 0 aromatic carbocycles. The van der Waals surface area contributed by atoms with Crippen LogP contribution in [0.5, 0.6) is 0 Å². The normalized spacial score (nSPS) is 12.1. The van der Waals surface area contributed by atoms with E-state index in [1.54, 1.807) is 0 Å². The molecule has 0 amide bonds. The molecule has 0 aromatic rings. The topological polar surface area (TPSA) is 97.4 Å². The highest BCUT2D eigenvalue weighted by molar-refractivity contribution is 5.91. The minimum absolute atomic E-state index is 0.0243. The second-order valence-electron chi connectivity index (χ2n) is 5.72. The summed E-state index contributed by atoms with van der Waals surface area (Å²) in [5.74, 6) is -1.60. The fraction of sp³-hybridized carbons (Fsp3) is 0.812. The van der Waals surface area contributed by atoms with Crippen LogP contribution in [-0.2, 0) is 38.1 Å². The van der Waals surface area contributed by atoms with Gasteiger partial charge in [0.15, 0.2) is 6.29 Å². The molecule has 0 fully saturated rings. The molecule has 0 saturated carbocycles. The zero-order valence-electron chi connectivity index (χ0n) is 15.0. The second kappa shape index (κ2) is 12.7. The molecule has 0 aliphatic carbocycles. The van der Waals surface area contributed by atoms with Crippen LogP contribution in [0.3, 0.4) is 0 Å². The van der Waals surface area contributed by atoms with E-state index in [-0.39, 0.29) is 25.6 Å². The van der Waals surface area contributed by atoms with Crippen LogP contribution in [0.25, 0.3) is 0 Å². The molecule has 0 aliphatic rings. The van der Waals surface area contributed by atoms with Crippen molar-refractivity contribution >= 4 is 17.9 Å². The van der Waals surface area contributed by atoms with E-state index in [9.17, 15) is 14.4 Å². The predicted octanol–water partition coefficient (Wildman–Crippen LogP) is 1.31. The second-order valence-corrected chi connectivity index (χ2v) is 5.72. The van der Waals surface area contributed by atoms with Crippen molar-refractivity contribution in [3.63, 3.8) is 0 Å². The molecule has 0 bridgehead atoms. The Labute approximate surface area is 142 Å². The number of methoxy groups -OCH3 is 3. The fourth-order valence-electron chi connectivity index (χ4n) is 1.97. The molecule has 0 saturated heterocycles. The number of carbonyl (C=O) groups excluding carboxylic acids is 3. The van der Waals surface area contributed by atoms with Gasteiger partial charge in [-0.2, -0.15) is 0 Å². The Morgan fingerprint density at radius 2 is 1.38 bits per heavy atom. The summed E-state index contributed by atoms with van der Waals surface area (Å²) in [4.78, 5) is 34.2. The number of hydrogen-bond acceptors (Lipinski definition) is 8. The molecule has 140 valence electrons. The smallest absolute Gasteiger partial charge is 0.317 e. The van der Waals surface area contributed by atoms with E-state index < -0.39 is 30.6 Å². The predicted molar refractivity (Wildman–Crippen MR) is 83.9 cm³/mol. The van der Waals surface area contributed by atoms with Crippen molar-refractivity contribution < 1.29 is 38.1 Å². The summed E-state index contributed by atoms with van der Waals surface area (Å²) in [6.45, 7) is 4.20. The number of esters is 3. The lowest BCUT2D eigenvalue weighted by atomic mass is 9.98. The van der Waals surface area contributed by atoms with Gasteiger partial charge in [0.2, 0.25) is 0 Å². The van der Waals surface area contributed by atoms with Crippen LogP contribution in [-0.4, -0.2) is 58.7 Å². The maximum absolute atomic E-state index is 11.7. The van der Waals surface area contributed by atoms with E-state index in [1.165, 1.54) is 21.3 Å². The zero-order valence-corrected chi connectivity index (χ0v) is 15.0. The zero-order chi connectivity index (χ0) is 18.5. The quantitative estimate of drug-likeness (QED) is 0.225. The lowest BCUT2D eigenvalue weighted by Crippen LogP contribution is -2.25. The van der Waals surface area contributed by atoms with Gasteiger partial charge in [-0.1, -0.05) is 13.8 Å². The molecule has 0 aliphatic heterocycles. The summed E-state index contributed by atoms with van der Waals surface area (Å²) in [5, 5.41) is 0. The maximum atomic E-state index is 11.7. The summed E-state index contributed by atoms with van der Waals surface area (Å²) >= 11 is 0. The van der Waals surface area contributed by atoms with Crippen molar-refractivity contribution in [1.29, 1.82) is 0 Å². The molecule has 1 atom stereocenters. The van der Waals surface area contributed by atoms with E-state index in [1.807, 2.05) is 13.8 Å². The first-order chi connectivity index (χ1) is 11.3. The summed E-state index contributed by atoms with van der Waals surface area (Å²) in [6.07, 6.45) is -0.409. The van der Waals surface area contributed by atoms with Gasteiger partial charge in [0.05, 0.1) is 26.7 Å². The molecule has 0 radical (unpaired) electrons. The molecular weight excluding hydrogens is 320 g/mol. The third kappa shape index (κ3) is 11.0. The van der Waals surface area contributed by atoms with Crippen molar-refractivity contribution in [1.82, 2.24) is 0 Å². The van der Waals surface area contributed by atoms with Crippen LogP contribution in [0, 0.1) is 11.8 Å². The fourth-order valence-corrected chi connectivity index (χ4v) is 1.97. The van der Waals surface area contributed by atoms with Crippen LogP contribution < -0.4 is 0 Å². The van der Waals surface area contributed by atoms with Crippen LogP contribution in [0.1, 0.15) is 33.1 Å². The number of rotatable bonds is 12. The lowest BCUT2D eigenvalue weighted by molar-refractivity contribution is -0.161. The molecular formula is C16H28O8. The average Bonchev–Trinajstić information content (AvgIpc) is 2.54. The van der Waals surface area contributed by atoms with Crippen LogP contribution in [0.15, 0.2) is 0 Å². The third-order valence-corrected chi connectivity index (χ3v) is 3.14. The lowest BCUT2D eigenvalue weighted by Gasteiger charge is -2.19. The van der Waals surface area contributed by atoms with E-state index in [4.69, 9.17) is 18.9 Å². The third-order valence-electron chi connectivity index (χ3n) is 3.14. The highest BCUT2D eigenvalue weighted by atomic mass is 16.7. The number of carbonyl (C=O) groups is 3. The van der Waals surface area contributed by atoms with Gasteiger partial charge in [0, 0.05) is 20.1 Å². The number of hydrogen-bond donors (Lipinski definition) is 0. The van der Waals surface area contributed by atoms with Crippen molar-refractivity contribution in [2.45, 2.75) is 39.4 Å². The average molecular weight is 348 g/mol. The molecule has 24 heavy (non-hydrogen) atoms. The minimum Gasteiger partial charge on any atom is -0.469 e. The molecule has 0 heterocycles. The van der Waals surface area contributed by atoms with E-state index >= 15 is 0 Å². The molecule has 8 nitrogen and oxygen atoms in total. The molecule has 0 spiro atoms. The first-order valence-corrected chi connectivity index (χ1v) is 7.75. The molecule has 0 aromatic heterocycles. The Bertz CT molecular complexity index is 390. The molecule has 8 heteroatoms. The van der Waals surface area contributed by atoms with E-state index in [0.717, 1.165) is 0 Å². The van der Waals surface area contributed by atoms with Gasteiger partial charge in [-0.25, -0.2) is 0 Å². The molecule has 0 N–H and O–H groups in total. The molecule has 1 unspecified atom stereocenters. The van der Waals surface area contributed by atoms with Crippen LogP contribution >= 0.6 is 0 Å². The first-order valence-electron chi connectivity index (χ1n) is 7.75. The monoisotopic (exact) mass is 348 g/mol. The molecule has 0 rings (SSSR count). The Balaban J connectivity index is 4.33. The van der Waals surface area contributed by atoms with Gasteiger partial charge >= 0.3 is 17.9 Å². The number of ether oxygens (including phenoxy) is 5. The highest BCUT2D eigenvalue weighted by Gasteiger charge is 2.19. The Kier molecular flexibility index (Phi) is 11.8. The summed E-state index contributed by atoms with van der Waals surface area (Å²) in [6, 6.07) is 0. The van der Waals surface area contributed by atoms with Crippen molar-refractivity contribution in [2.75, 3.05) is 34.5 Å². The van der Waals surface area contributed by atoms with E-state index in [2.05, 4.69) is 4.74 Å². The van der Waals surface area contributed by atoms with Crippen molar-refractivity contribution in [3.05, 3.63) is 0 Å². The summed E-state index contributed by atoms with van der Waals surface area (Å²) in [7, 11) is 4.07. The van der Waals surface area contributed by atoms with Gasteiger partial charge < -0.3 is 23.7 Å². The summed E-state index contributed by atoms with van der Waals surface area (Å²) in [5.41, 5.74) is 0. The van der Waals surface area contributed by atoms with Gasteiger partial charge in [0.25, 0.3) is 0 Å². The summed E-state index contributed by atoms with van der Waals surface area (Å²) < 4.78 is 24.5. The Hall–Kier alpha value is -1.67. The van der Waals surface area contributed by atoms with E-state index in [0.29, 0.717) is 12.3 Å². The largest absolute Gasteiger partial charge is 0.469 e. The van der Waals surface area contributed by atoms with Gasteiger partial charge in [-0.15, -0.1) is 0 Å². The van der Waals surface area contributed by atoms with Gasteiger partial charge in [-0.05, 0) is 12.3 Å². The standard InChI is InChI=1S/C16H28O8/c1-11(2)6-12(9-23-14(18)7-13(17)20-3)10-24-15(19)8-16(21-4)22-5/h11-12,16H,6-10H2,1-5H3.